The minimum absolute atomic E-state index is 0.0488. The van der Waals surface area contributed by atoms with Crippen molar-refractivity contribution in [3.8, 4) is 22.4 Å². The summed E-state index contributed by atoms with van der Waals surface area (Å²) in [6.07, 6.45) is 1.80. The summed E-state index contributed by atoms with van der Waals surface area (Å²) in [4.78, 5) is 29.8. The summed E-state index contributed by atoms with van der Waals surface area (Å²) in [5.41, 5.74) is 4.68. The maximum absolute atomic E-state index is 13.8. The molecule has 0 amide bonds. The lowest BCUT2D eigenvalue weighted by Gasteiger charge is -2.16. The molecule has 1 aliphatic heterocycles. The maximum atomic E-state index is 13.8. The Morgan fingerprint density at radius 1 is 1.03 bits per heavy atom. The summed E-state index contributed by atoms with van der Waals surface area (Å²) in [7, 11) is 2.17. The minimum Gasteiger partial charge on any atom is -0.306 e. The average molecular weight is 472 g/mol. The van der Waals surface area contributed by atoms with E-state index in [-0.39, 0.29) is 5.56 Å². The van der Waals surface area contributed by atoms with Gasteiger partial charge in [-0.1, -0.05) is 29.8 Å². The number of likely N-dealkylation sites (tertiary alicyclic amines) is 1. The number of pyridine rings is 2. The van der Waals surface area contributed by atoms with E-state index in [4.69, 9.17) is 11.6 Å². The fourth-order valence-corrected chi connectivity index (χ4v) is 5.83. The first-order chi connectivity index (χ1) is 16.4. The van der Waals surface area contributed by atoms with Crippen LogP contribution in [0.1, 0.15) is 11.5 Å². The molecule has 6 nitrogen and oxygen atoms in total. The lowest BCUT2D eigenvalue weighted by atomic mass is 10.0. The number of hydrogen-bond acceptors (Lipinski definition) is 5. The largest absolute Gasteiger partial charge is 0.306 e. The van der Waals surface area contributed by atoms with Gasteiger partial charge in [-0.3, -0.25) is 14.3 Å². The summed E-state index contributed by atoms with van der Waals surface area (Å²) in [6, 6.07) is 13.6. The Hall–Kier alpha value is -3.09. The summed E-state index contributed by atoms with van der Waals surface area (Å²) in [5.74, 6) is 2.52. The molecular formula is C27H26ClN5O. The number of aryl methyl sites for hydroxylation is 2. The van der Waals surface area contributed by atoms with E-state index in [1.165, 1.54) is 0 Å². The SMILES string of the molecule is Cc1cccc(-c2ccc(-c3cc4cnc(C)nc4n(C[C@H]4[C@@H]5CN(C)C[C@@H]54)c3=O)c(Cl)c2)n1. The van der Waals surface area contributed by atoms with Crippen LogP contribution in [-0.4, -0.2) is 44.6 Å². The van der Waals surface area contributed by atoms with Crippen LogP contribution in [0.4, 0.5) is 0 Å². The highest BCUT2D eigenvalue weighted by Crippen LogP contribution is 2.52. The van der Waals surface area contributed by atoms with Gasteiger partial charge in [-0.15, -0.1) is 0 Å². The molecule has 0 radical (unpaired) electrons. The molecule has 1 aromatic carbocycles. The molecule has 2 aliphatic rings. The van der Waals surface area contributed by atoms with Gasteiger partial charge in [-0.25, -0.2) is 9.97 Å². The molecule has 4 aromatic rings. The van der Waals surface area contributed by atoms with Crippen LogP contribution in [0.25, 0.3) is 33.4 Å². The van der Waals surface area contributed by atoms with Crippen LogP contribution in [0.2, 0.25) is 5.02 Å². The van der Waals surface area contributed by atoms with Crippen molar-refractivity contribution in [3.05, 3.63) is 75.6 Å². The number of nitrogens with zero attached hydrogens (tertiary/aromatic N) is 5. The van der Waals surface area contributed by atoms with Crippen LogP contribution in [0.5, 0.6) is 0 Å². The summed E-state index contributed by atoms with van der Waals surface area (Å²) in [6.45, 7) is 6.72. The van der Waals surface area contributed by atoms with Crippen LogP contribution in [-0.2, 0) is 6.54 Å². The van der Waals surface area contributed by atoms with Gasteiger partial charge in [-0.05, 0) is 62.9 Å². The third-order valence-corrected chi connectivity index (χ3v) is 7.65. The number of rotatable bonds is 4. The molecule has 1 saturated heterocycles. The second-order valence-electron chi connectivity index (χ2n) is 9.74. The predicted molar refractivity (Wildman–Crippen MR) is 135 cm³/mol. The average Bonchev–Trinajstić information content (AvgIpc) is 3.26. The van der Waals surface area contributed by atoms with Gasteiger partial charge in [0.05, 0.1) is 5.69 Å². The zero-order valence-corrected chi connectivity index (χ0v) is 20.3. The summed E-state index contributed by atoms with van der Waals surface area (Å²) in [5, 5.41) is 1.38. The smallest absolute Gasteiger partial charge is 0.260 e. The van der Waals surface area contributed by atoms with E-state index in [0.29, 0.717) is 46.4 Å². The number of hydrogen-bond donors (Lipinski definition) is 0. The fourth-order valence-electron chi connectivity index (χ4n) is 5.55. The van der Waals surface area contributed by atoms with Crippen LogP contribution in [0.15, 0.2) is 53.5 Å². The van der Waals surface area contributed by atoms with Crippen molar-refractivity contribution in [1.29, 1.82) is 0 Å². The topological polar surface area (TPSA) is 63.9 Å². The molecule has 1 saturated carbocycles. The first-order valence-corrected chi connectivity index (χ1v) is 12.1. The fraction of sp³-hybridized carbons (Fsp3) is 0.333. The van der Waals surface area contributed by atoms with Gasteiger partial charge in [0, 0.05) is 58.6 Å². The first kappa shape index (κ1) is 21.4. The van der Waals surface area contributed by atoms with Crippen molar-refractivity contribution in [2.24, 2.45) is 17.8 Å². The van der Waals surface area contributed by atoms with Crippen molar-refractivity contribution in [1.82, 2.24) is 24.4 Å². The normalized spacial score (nSPS) is 21.7. The predicted octanol–water partition coefficient (Wildman–Crippen LogP) is 4.60. The lowest BCUT2D eigenvalue weighted by molar-refractivity contribution is 0.332. The zero-order chi connectivity index (χ0) is 23.6. The Bertz CT molecular complexity index is 1480. The Morgan fingerprint density at radius 2 is 1.82 bits per heavy atom. The molecule has 172 valence electrons. The monoisotopic (exact) mass is 471 g/mol. The Kier molecular flexibility index (Phi) is 5.04. The number of fused-ring (bicyclic) bond motifs is 2. The van der Waals surface area contributed by atoms with E-state index in [0.717, 1.165) is 41.0 Å². The molecule has 0 unspecified atom stereocenters. The molecule has 4 heterocycles. The van der Waals surface area contributed by atoms with E-state index >= 15 is 0 Å². The van der Waals surface area contributed by atoms with Gasteiger partial charge in [-0.2, -0.15) is 0 Å². The number of benzene rings is 1. The minimum atomic E-state index is -0.0488. The molecular weight excluding hydrogens is 446 g/mol. The summed E-state index contributed by atoms with van der Waals surface area (Å²) < 4.78 is 1.86. The number of aromatic nitrogens is 4. The second kappa shape index (κ2) is 8.00. The molecule has 2 fully saturated rings. The Morgan fingerprint density at radius 3 is 2.56 bits per heavy atom. The van der Waals surface area contributed by atoms with Gasteiger partial charge in [0.2, 0.25) is 0 Å². The molecule has 1 aliphatic carbocycles. The molecule has 7 heteroatoms. The standard InChI is InChI=1S/C27H26ClN5O/c1-15-5-4-6-25(30-15)17-7-8-19(24(28)10-17)20-9-18-11-29-16(2)31-26(18)33(27(20)34)14-23-21-12-32(3)13-22(21)23/h4-11,21-23H,12-14H2,1-3H3/t21-,22+,23+. The molecule has 0 N–H and O–H groups in total. The quantitative estimate of drug-likeness (QED) is 0.435. The Labute approximate surface area is 203 Å². The van der Waals surface area contributed by atoms with E-state index in [1.807, 2.05) is 60.9 Å². The second-order valence-corrected chi connectivity index (χ2v) is 10.1. The van der Waals surface area contributed by atoms with Crippen molar-refractivity contribution in [2.75, 3.05) is 20.1 Å². The van der Waals surface area contributed by atoms with Crippen molar-refractivity contribution in [3.63, 3.8) is 0 Å². The molecule has 3 atom stereocenters. The van der Waals surface area contributed by atoms with Gasteiger partial charge in [0.15, 0.2) is 0 Å². The highest BCUT2D eigenvalue weighted by atomic mass is 35.5. The summed E-state index contributed by atoms with van der Waals surface area (Å²) >= 11 is 6.75. The van der Waals surface area contributed by atoms with Crippen molar-refractivity contribution >= 4 is 22.6 Å². The van der Waals surface area contributed by atoms with Crippen molar-refractivity contribution in [2.45, 2.75) is 20.4 Å². The van der Waals surface area contributed by atoms with Gasteiger partial charge < -0.3 is 4.90 Å². The van der Waals surface area contributed by atoms with Gasteiger partial charge >= 0.3 is 0 Å². The van der Waals surface area contributed by atoms with E-state index in [9.17, 15) is 4.79 Å². The maximum Gasteiger partial charge on any atom is 0.260 e. The molecule has 3 aromatic heterocycles. The van der Waals surface area contributed by atoms with Gasteiger partial charge in [0.1, 0.15) is 11.5 Å². The van der Waals surface area contributed by atoms with Gasteiger partial charge in [0.25, 0.3) is 5.56 Å². The number of piperidine rings is 1. The highest BCUT2D eigenvalue weighted by molar-refractivity contribution is 6.33. The zero-order valence-electron chi connectivity index (χ0n) is 19.5. The Balaban J connectivity index is 1.44. The molecule has 6 rings (SSSR count). The van der Waals surface area contributed by atoms with E-state index < -0.39 is 0 Å². The van der Waals surface area contributed by atoms with Crippen LogP contribution < -0.4 is 5.56 Å². The van der Waals surface area contributed by atoms with Crippen LogP contribution in [0, 0.1) is 31.6 Å². The molecule has 0 spiro atoms. The van der Waals surface area contributed by atoms with Crippen molar-refractivity contribution < 1.29 is 0 Å². The molecule has 0 bridgehead atoms. The third kappa shape index (κ3) is 3.62. The molecule has 34 heavy (non-hydrogen) atoms. The lowest BCUT2D eigenvalue weighted by Crippen LogP contribution is -2.27. The third-order valence-electron chi connectivity index (χ3n) is 7.34. The van der Waals surface area contributed by atoms with Crippen LogP contribution >= 0.6 is 11.6 Å². The van der Waals surface area contributed by atoms with E-state index in [1.54, 1.807) is 6.20 Å². The number of halogens is 1. The highest BCUT2D eigenvalue weighted by Gasteiger charge is 2.54. The van der Waals surface area contributed by atoms with E-state index in [2.05, 4.69) is 26.9 Å². The van der Waals surface area contributed by atoms with Crippen LogP contribution in [0.3, 0.4) is 0 Å². The first-order valence-electron chi connectivity index (χ1n) is 11.7.